The molecule has 182 valence electrons. The highest BCUT2D eigenvalue weighted by molar-refractivity contribution is 6.26. The second kappa shape index (κ2) is 10.1. The van der Waals surface area contributed by atoms with E-state index in [1.54, 1.807) is 0 Å². The minimum atomic E-state index is -0.184. The summed E-state index contributed by atoms with van der Waals surface area (Å²) in [5.74, 6) is 0.322. The molecule has 0 radical (unpaired) electrons. The zero-order chi connectivity index (χ0) is 24.4. The van der Waals surface area contributed by atoms with Gasteiger partial charge in [0.2, 0.25) is 0 Å². The standard InChI is InChI=1S/C29H33N3O3/c1-21(2)18-32-26-13-12-25(23-10-6-11-24(28(23)26)29(32)34)31-15-7-14-30(16-17-31)19-27(33)35-20-22-8-4-3-5-9-22/h3-6,8-13,21H,7,14-20H2,1-2H3. The first-order chi connectivity index (χ1) is 17.0. The van der Waals surface area contributed by atoms with Crippen LogP contribution in [0.5, 0.6) is 0 Å². The van der Waals surface area contributed by atoms with Gasteiger partial charge in [-0.15, -0.1) is 0 Å². The van der Waals surface area contributed by atoms with Gasteiger partial charge >= 0.3 is 5.97 Å². The number of amides is 1. The summed E-state index contributed by atoms with van der Waals surface area (Å²) >= 11 is 0. The van der Waals surface area contributed by atoms with Gasteiger partial charge in [-0.2, -0.15) is 0 Å². The molecule has 0 spiro atoms. The average molecular weight is 472 g/mol. The summed E-state index contributed by atoms with van der Waals surface area (Å²) in [5, 5.41) is 2.21. The number of rotatable bonds is 7. The van der Waals surface area contributed by atoms with Crippen molar-refractivity contribution in [2.45, 2.75) is 26.9 Å². The van der Waals surface area contributed by atoms with E-state index in [1.807, 2.05) is 47.4 Å². The van der Waals surface area contributed by atoms with E-state index in [4.69, 9.17) is 4.74 Å². The molecule has 3 aromatic rings. The van der Waals surface area contributed by atoms with Gasteiger partial charge in [0.05, 0.1) is 12.2 Å². The van der Waals surface area contributed by atoms with Crippen LogP contribution in [0.2, 0.25) is 0 Å². The number of anilines is 2. The van der Waals surface area contributed by atoms with E-state index in [2.05, 4.69) is 41.8 Å². The number of carbonyl (C=O) groups excluding carboxylic acids is 2. The van der Waals surface area contributed by atoms with Crippen molar-refractivity contribution >= 4 is 34.0 Å². The maximum Gasteiger partial charge on any atom is 0.320 e. The molecule has 2 aliphatic rings. The minimum Gasteiger partial charge on any atom is -0.460 e. The van der Waals surface area contributed by atoms with Crippen molar-refractivity contribution in [3.63, 3.8) is 0 Å². The third-order valence-electron chi connectivity index (χ3n) is 6.83. The minimum absolute atomic E-state index is 0.104. The van der Waals surface area contributed by atoms with Gasteiger partial charge in [0, 0.05) is 54.7 Å². The lowest BCUT2D eigenvalue weighted by Gasteiger charge is -2.26. The largest absolute Gasteiger partial charge is 0.460 e. The number of ether oxygens (including phenoxy) is 1. The van der Waals surface area contributed by atoms with E-state index in [0.29, 0.717) is 19.1 Å². The molecule has 6 heteroatoms. The molecule has 0 N–H and O–H groups in total. The van der Waals surface area contributed by atoms with Gasteiger partial charge in [0.15, 0.2) is 0 Å². The number of benzene rings is 3. The number of hydrogen-bond donors (Lipinski definition) is 0. The van der Waals surface area contributed by atoms with Crippen LogP contribution in [0.15, 0.2) is 60.7 Å². The normalized spacial score (nSPS) is 16.3. The van der Waals surface area contributed by atoms with Crippen molar-refractivity contribution in [1.29, 1.82) is 0 Å². The Hall–Kier alpha value is -3.38. The van der Waals surface area contributed by atoms with Crippen LogP contribution in [0.3, 0.4) is 0 Å². The van der Waals surface area contributed by atoms with Crippen LogP contribution in [-0.2, 0) is 16.1 Å². The highest BCUT2D eigenvalue weighted by atomic mass is 16.5. The van der Waals surface area contributed by atoms with E-state index < -0.39 is 0 Å². The molecule has 0 bridgehead atoms. The Kier molecular flexibility index (Phi) is 6.73. The summed E-state index contributed by atoms with van der Waals surface area (Å²) in [7, 11) is 0. The van der Waals surface area contributed by atoms with Gasteiger partial charge < -0.3 is 14.5 Å². The molecule has 3 aromatic carbocycles. The molecule has 1 amide bonds. The zero-order valence-electron chi connectivity index (χ0n) is 20.6. The van der Waals surface area contributed by atoms with Gasteiger partial charge in [-0.3, -0.25) is 14.5 Å². The summed E-state index contributed by atoms with van der Waals surface area (Å²) < 4.78 is 5.49. The molecular formula is C29H33N3O3. The number of esters is 1. The molecule has 0 unspecified atom stereocenters. The lowest BCUT2D eigenvalue weighted by Crippen LogP contribution is -2.35. The van der Waals surface area contributed by atoms with E-state index in [-0.39, 0.29) is 11.9 Å². The van der Waals surface area contributed by atoms with E-state index in [9.17, 15) is 9.59 Å². The Morgan fingerprint density at radius 3 is 2.51 bits per heavy atom. The summed E-state index contributed by atoms with van der Waals surface area (Å²) in [6, 6.07) is 20.1. The highest BCUT2D eigenvalue weighted by Crippen LogP contribution is 2.42. The van der Waals surface area contributed by atoms with Gasteiger partial charge in [0.25, 0.3) is 5.91 Å². The molecule has 1 fully saturated rings. The molecule has 0 aliphatic carbocycles. The van der Waals surface area contributed by atoms with Crippen molar-refractivity contribution in [3.05, 3.63) is 71.8 Å². The predicted molar refractivity (Wildman–Crippen MR) is 140 cm³/mol. The van der Waals surface area contributed by atoms with Crippen LogP contribution >= 0.6 is 0 Å². The average Bonchev–Trinajstić information content (AvgIpc) is 3.00. The summed E-state index contributed by atoms with van der Waals surface area (Å²) in [4.78, 5) is 32.0. The quantitative estimate of drug-likeness (QED) is 0.467. The third kappa shape index (κ3) is 4.89. The van der Waals surface area contributed by atoms with E-state index in [0.717, 1.165) is 66.7 Å². The zero-order valence-corrected chi connectivity index (χ0v) is 20.6. The van der Waals surface area contributed by atoms with Crippen LogP contribution in [0.25, 0.3) is 10.8 Å². The summed E-state index contributed by atoms with van der Waals surface area (Å²) in [5.41, 5.74) is 3.99. The van der Waals surface area contributed by atoms with Crippen LogP contribution in [0.1, 0.15) is 36.2 Å². The molecule has 5 rings (SSSR count). The molecule has 2 heterocycles. The summed E-state index contributed by atoms with van der Waals surface area (Å²) in [6.45, 7) is 9.02. The highest BCUT2D eigenvalue weighted by Gasteiger charge is 2.31. The molecule has 1 saturated heterocycles. The number of carbonyl (C=O) groups is 2. The maximum atomic E-state index is 13.1. The molecule has 2 aliphatic heterocycles. The number of hydrogen-bond acceptors (Lipinski definition) is 5. The lowest BCUT2D eigenvalue weighted by molar-refractivity contribution is -0.146. The molecule has 0 saturated carbocycles. The van der Waals surface area contributed by atoms with Crippen molar-refractivity contribution in [3.8, 4) is 0 Å². The smallest absolute Gasteiger partial charge is 0.320 e. The van der Waals surface area contributed by atoms with Gasteiger partial charge in [-0.05, 0) is 36.1 Å². The first-order valence-corrected chi connectivity index (χ1v) is 12.6. The predicted octanol–water partition coefficient (Wildman–Crippen LogP) is 4.71. The Labute approximate surface area is 207 Å². The number of nitrogens with zero attached hydrogens (tertiary/aromatic N) is 3. The monoisotopic (exact) mass is 471 g/mol. The van der Waals surface area contributed by atoms with Crippen molar-refractivity contribution in [2.24, 2.45) is 5.92 Å². The second-order valence-corrected chi connectivity index (χ2v) is 9.90. The topological polar surface area (TPSA) is 53.1 Å². The van der Waals surface area contributed by atoms with Crippen molar-refractivity contribution < 1.29 is 14.3 Å². The maximum absolute atomic E-state index is 13.1. The van der Waals surface area contributed by atoms with Crippen molar-refractivity contribution in [1.82, 2.24) is 4.90 Å². The Bertz CT molecular complexity index is 1220. The second-order valence-electron chi connectivity index (χ2n) is 9.90. The first-order valence-electron chi connectivity index (χ1n) is 12.6. The molecule has 0 aromatic heterocycles. The molecule has 0 atom stereocenters. The Balaban J connectivity index is 1.27. The van der Waals surface area contributed by atoms with Crippen molar-refractivity contribution in [2.75, 3.05) is 49.1 Å². The molecule has 35 heavy (non-hydrogen) atoms. The fourth-order valence-electron chi connectivity index (χ4n) is 5.19. The van der Waals surface area contributed by atoms with Crippen LogP contribution in [0, 0.1) is 5.92 Å². The molecule has 6 nitrogen and oxygen atoms in total. The van der Waals surface area contributed by atoms with Gasteiger partial charge in [-0.1, -0.05) is 56.3 Å². The van der Waals surface area contributed by atoms with Crippen LogP contribution in [0.4, 0.5) is 11.4 Å². The fraction of sp³-hybridized carbons (Fsp3) is 0.379. The van der Waals surface area contributed by atoms with Crippen LogP contribution in [-0.4, -0.2) is 56.0 Å². The SMILES string of the molecule is CC(C)CN1C(=O)c2cccc3c(N4CCCN(CC(=O)OCc5ccccc5)CC4)ccc1c23. The first kappa shape index (κ1) is 23.4. The van der Waals surface area contributed by atoms with Gasteiger partial charge in [0.1, 0.15) is 6.61 Å². The third-order valence-corrected chi connectivity index (χ3v) is 6.83. The van der Waals surface area contributed by atoms with E-state index >= 15 is 0 Å². The lowest BCUT2D eigenvalue weighted by atomic mass is 10.0. The Morgan fingerprint density at radius 2 is 1.71 bits per heavy atom. The summed E-state index contributed by atoms with van der Waals surface area (Å²) in [6.07, 6.45) is 0.966. The van der Waals surface area contributed by atoms with Gasteiger partial charge in [-0.25, -0.2) is 0 Å². The molecular weight excluding hydrogens is 438 g/mol. The van der Waals surface area contributed by atoms with E-state index in [1.165, 1.54) is 5.69 Å². The van der Waals surface area contributed by atoms with Crippen LogP contribution < -0.4 is 9.80 Å². The fourth-order valence-corrected chi connectivity index (χ4v) is 5.19. The Morgan fingerprint density at radius 1 is 0.914 bits per heavy atom.